The van der Waals surface area contributed by atoms with Gasteiger partial charge in [-0.1, -0.05) is 43.2 Å². The van der Waals surface area contributed by atoms with Crippen LogP contribution in [0.4, 0.5) is 0 Å². The molecule has 0 saturated heterocycles. The lowest BCUT2D eigenvalue weighted by Gasteiger charge is -2.09. The highest BCUT2D eigenvalue weighted by Crippen LogP contribution is 2.10. The first-order valence-electron chi connectivity index (χ1n) is 8.39. The van der Waals surface area contributed by atoms with Crippen LogP contribution in [0.15, 0.2) is 41.2 Å². The standard InChI is InChI=1S/C19H24N2O3/c1-15-17(13-16-9-5-4-6-10-16)14-18(22)21(20-15)12-8-3-2-7-11-19(23)24/h4-6,9-10,14H,2-3,7-8,11-13H2,1H3,(H,23,24). The quantitative estimate of drug-likeness (QED) is 0.718. The van der Waals surface area contributed by atoms with Crippen molar-refractivity contribution in [1.29, 1.82) is 0 Å². The molecule has 0 fully saturated rings. The molecule has 1 N–H and O–H groups in total. The van der Waals surface area contributed by atoms with Crippen LogP contribution in [0, 0.1) is 6.92 Å². The average Bonchev–Trinajstić information content (AvgIpc) is 2.55. The molecule has 128 valence electrons. The van der Waals surface area contributed by atoms with Crippen molar-refractivity contribution < 1.29 is 9.90 Å². The second-order valence-electron chi connectivity index (χ2n) is 6.04. The maximum atomic E-state index is 12.2. The molecule has 1 aromatic carbocycles. The van der Waals surface area contributed by atoms with E-state index in [-0.39, 0.29) is 12.0 Å². The molecule has 0 spiro atoms. The van der Waals surface area contributed by atoms with Crippen molar-refractivity contribution in [3.63, 3.8) is 0 Å². The summed E-state index contributed by atoms with van der Waals surface area (Å²) in [5, 5.41) is 13.0. The molecule has 24 heavy (non-hydrogen) atoms. The van der Waals surface area contributed by atoms with Gasteiger partial charge in [0.1, 0.15) is 0 Å². The summed E-state index contributed by atoms with van der Waals surface area (Å²) >= 11 is 0. The molecule has 1 aromatic heterocycles. The molecule has 1 heterocycles. The molecule has 0 saturated carbocycles. The highest BCUT2D eigenvalue weighted by atomic mass is 16.4. The Bertz CT molecular complexity index is 723. The number of unbranched alkanes of at least 4 members (excludes halogenated alkanes) is 3. The normalized spacial score (nSPS) is 10.7. The summed E-state index contributed by atoms with van der Waals surface area (Å²) in [6.45, 7) is 2.51. The number of hydrogen-bond acceptors (Lipinski definition) is 3. The van der Waals surface area contributed by atoms with Crippen LogP contribution in [0.3, 0.4) is 0 Å². The Hall–Kier alpha value is -2.43. The molecule has 0 aliphatic heterocycles. The van der Waals surface area contributed by atoms with E-state index in [9.17, 15) is 9.59 Å². The summed E-state index contributed by atoms with van der Waals surface area (Å²) in [5.74, 6) is -0.752. The number of nitrogens with zero attached hydrogens (tertiary/aromatic N) is 2. The number of carbonyl (C=O) groups is 1. The Morgan fingerprint density at radius 2 is 1.83 bits per heavy atom. The lowest BCUT2D eigenvalue weighted by Crippen LogP contribution is -2.24. The van der Waals surface area contributed by atoms with Crippen LogP contribution in [-0.4, -0.2) is 20.9 Å². The van der Waals surface area contributed by atoms with Gasteiger partial charge in [-0.2, -0.15) is 5.10 Å². The Balaban J connectivity index is 1.90. The average molecular weight is 328 g/mol. The minimum atomic E-state index is -0.752. The van der Waals surface area contributed by atoms with E-state index >= 15 is 0 Å². The molecule has 2 aromatic rings. The lowest BCUT2D eigenvalue weighted by molar-refractivity contribution is -0.137. The van der Waals surface area contributed by atoms with Gasteiger partial charge in [0.2, 0.25) is 0 Å². The third-order valence-corrected chi connectivity index (χ3v) is 4.04. The SMILES string of the molecule is Cc1nn(CCCCCCC(=O)O)c(=O)cc1Cc1ccccc1. The Morgan fingerprint density at radius 3 is 2.54 bits per heavy atom. The second kappa shape index (κ2) is 9.01. The van der Waals surface area contributed by atoms with Gasteiger partial charge in [0, 0.05) is 19.0 Å². The van der Waals surface area contributed by atoms with Crippen LogP contribution >= 0.6 is 0 Å². The summed E-state index contributed by atoms with van der Waals surface area (Å²) < 4.78 is 1.51. The maximum Gasteiger partial charge on any atom is 0.303 e. The number of carboxylic acid groups (broad SMARTS) is 1. The zero-order valence-corrected chi connectivity index (χ0v) is 14.1. The smallest absolute Gasteiger partial charge is 0.303 e. The predicted molar refractivity (Wildman–Crippen MR) is 93.2 cm³/mol. The van der Waals surface area contributed by atoms with Gasteiger partial charge < -0.3 is 5.11 Å². The maximum absolute atomic E-state index is 12.2. The van der Waals surface area contributed by atoms with Crippen LogP contribution < -0.4 is 5.56 Å². The van der Waals surface area contributed by atoms with Gasteiger partial charge in [0.25, 0.3) is 5.56 Å². The number of hydrogen-bond donors (Lipinski definition) is 1. The molecule has 5 nitrogen and oxygen atoms in total. The highest BCUT2D eigenvalue weighted by Gasteiger charge is 2.06. The monoisotopic (exact) mass is 328 g/mol. The lowest BCUT2D eigenvalue weighted by atomic mass is 10.0. The Morgan fingerprint density at radius 1 is 1.12 bits per heavy atom. The van der Waals surface area contributed by atoms with Crippen molar-refractivity contribution in [2.24, 2.45) is 0 Å². The van der Waals surface area contributed by atoms with Crippen molar-refractivity contribution in [2.45, 2.75) is 52.0 Å². The van der Waals surface area contributed by atoms with Gasteiger partial charge in [-0.3, -0.25) is 9.59 Å². The van der Waals surface area contributed by atoms with Crippen LogP contribution in [0.5, 0.6) is 0 Å². The van der Waals surface area contributed by atoms with Crippen molar-refractivity contribution >= 4 is 5.97 Å². The van der Waals surface area contributed by atoms with E-state index in [2.05, 4.69) is 5.10 Å². The summed E-state index contributed by atoms with van der Waals surface area (Å²) in [6, 6.07) is 11.7. The molecule has 2 rings (SSSR count). The van der Waals surface area contributed by atoms with Crippen LogP contribution in [-0.2, 0) is 17.8 Å². The van der Waals surface area contributed by atoms with Crippen molar-refractivity contribution in [3.8, 4) is 0 Å². The van der Waals surface area contributed by atoms with Crippen molar-refractivity contribution in [3.05, 3.63) is 63.6 Å². The van der Waals surface area contributed by atoms with E-state index < -0.39 is 5.97 Å². The van der Waals surface area contributed by atoms with Crippen LogP contribution in [0.1, 0.15) is 48.9 Å². The van der Waals surface area contributed by atoms with E-state index in [1.54, 1.807) is 6.07 Å². The molecule has 0 aliphatic carbocycles. The van der Waals surface area contributed by atoms with Crippen molar-refractivity contribution in [2.75, 3.05) is 0 Å². The number of benzene rings is 1. The zero-order valence-electron chi connectivity index (χ0n) is 14.1. The summed E-state index contributed by atoms with van der Waals surface area (Å²) in [7, 11) is 0. The van der Waals surface area contributed by atoms with E-state index in [1.165, 1.54) is 4.68 Å². The minimum Gasteiger partial charge on any atom is -0.481 e. The fraction of sp³-hybridized carbons (Fsp3) is 0.421. The van der Waals surface area contributed by atoms with Crippen LogP contribution in [0.25, 0.3) is 0 Å². The van der Waals surface area contributed by atoms with E-state index in [0.29, 0.717) is 19.4 Å². The first-order valence-corrected chi connectivity index (χ1v) is 8.39. The van der Waals surface area contributed by atoms with Gasteiger partial charge in [-0.25, -0.2) is 4.68 Å². The van der Waals surface area contributed by atoms with E-state index in [4.69, 9.17) is 5.11 Å². The van der Waals surface area contributed by atoms with Gasteiger partial charge in [-0.15, -0.1) is 0 Å². The number of aliphatic carboxylic acids is 1. The van der Waals surface area contributed by atoms with Crippen LogP contribution in [0.2, 0.25) is 0 Å². The van der Waals surface area contributed by atoms with Gasteiger partial charge in [0.05, 0.1) is 5.69 Å². The molecule has 0 atom stereocenters. The number of carboxylic acids is 1. The summed E-state index contributed by atoms with van der Waals surface area (Å²) in [5.41, 5.74) is 2.93. The zero-order chi connectivity index (χ0) is 17.4. The second-order valence-corrected chi connectivity index (χ2v) is 6.04. The number of rotatable bonds is 9. The number of aromatic nitrogens is 2. The molecular formula is C19H24N2O3. The largest absolute Gasteiger partial charge is 0.481 e. The fourth-order valence-electron chi connectivity index (χ4n) is 2.67. The highest BCUT2D eigenvalue weighted by molar-refractivity contribution is 5.66. The third kappa shape index (κ3) is 5.65. The molecule has 0 aliphatic rings. The predicted octanol–water partition coefficient (Wildman–Crippen LogP) is 3.18. The van der Waals surface area contributed by atoms with Gasteiger partial charge >= 0.3 is 5.97 Å². The Labute approximate surface area is 142 Å². The van der Waals surface area contributed by atoms with Gasteiger partial charge in [-0.05, 0) is 37.3 Å². The molecule has 5 heteroatoms. The molecular weight excluding hydrogens is 304 g/mol. The summed E-state index contributed by atoms with van der Waals surface area (Å²) in [4.78, 5) is 22.7. The minimum absolute atomic E-state index is 0.0722. The first kappa shape index (κ1) is 17.9. The molecule has 0 radical (unpaired) electrons. The van der Waals surface area contributed by atoms with E-state index in [0.717, 1.165) is 36.1 Å². The molecule has 0 amide bonds. The Kier molecular flexibility index (Phi) is 6.73. The molecule has 0 unspecified atom stereocenters. The molecule has 0 bridgehead atoms. The van der Waals surface area contributed by atoms with Gasteiger partial charge in [0.15, 0.2) is 0 Å². The fourth-order valence-corrected chi connectivity index (χ4v) is 2.67. The number of aryl methyl sites for hydroxylation is 2. The topological polar surface area (TPSA) is 72.2 Å². The van der Waals surface area contributed by atoms with E-state index in [1.807, 2.05) is 37.3 Å². The van der Waals surface area contributed by atoms with Crippen molar-refractivity contribution in [1.82, 2.24) is 9.78 Å². The third-order valence-electron chi connectivity index (χ3n) is 4.04. The first-order chi connectivity index (χ1) is 11.6. The summed E-state index contributed by atoms with van der Waals surface area (Å²) in [6.07, 6.45) is 4.23.